The van der Waals surface area contributed by atoms with Gasteiger partial charge < -0.3 is 4.42 Å². The van der Waals surface area contributed by atoms with Crippen LogP contribution in [0, 0.1) is 0 Å². The predicted molar refractivity (Wildman–Crippen MR) is 85.2 cm³/mol. The minimum atomic E-state index is -0.327. The summed E-state index contributed by atoms with van der Waals surface area (Å²) in [5.74, 6) is 0.282. The average Bonchev–Trinajstić information content (AvgIpc) is 3.13. The molecule has 0 aliphatic carbocycles. The van der Waals surface area contributed by atoms with Gasteiger partial charge in [0, 0.05) is 10.1 Å². The van der Waals surface area contributed by atoms with Gasteiger partial charge in [0.15, 0.2) is 0 Å². The normalized spacial score (nSPS) is 11.8. The van der Waals surface area contributed by atoms with E-state index < -0.39 is 0 Å². The molecule has 3 aromatic rings. The Bertz CT molecular complexity index is 821. The molecular weight excluding hydrogens is 308 g/mol. The minimum absolute atomic E-state index is 0.327. The summed E-state index contributed by atoms with van der Waals surface area (Å²) < 4.78 is 6.17. The Morgan fingerprint density at radius 1 is 1.29 bits per heavy atom. The molecule has 0 saturated carbocycles. The average molecular weight is 319 g/mol. The number of thiophene rings is 1. The highest BCUT2D eigenvalue weighted by atomic mass is 35.5. The summed E-state index contributed by atoms with van der Waals surface area (Å²) in [6, 6.07) is 11.2. The van der Waals surface area contributed by atoms with Crippen LogP contribution in [0.25, 0.3) is 10.1 Å². The second-order valence-electron chi connectivity index (χ2n) is 4.36. The molecule has 106 valence electrons. The van der Waals surface area contributed by atoms with Crippen LogP contribution in [0.3, 0.4) is 0 Å². The number of fused-ring (bicyclic) bond motifs is 1. The van der Waals surface area contributed by atoms with Crippen LogP contribution in [0.5, 0.6) is 0 Å². The number of halogens is 1. The predicted octanol–water partition coefficient (Wildman–Crippen LogP) is 4.30. The Balaban J connectivity index is 1.84. The highest BCUT2D eigenvalue weighted by Crippen LogP contribution is 2.34. The van der Waals surface area contributed by atoms with Gasteiger partial charge >= 0.3 is 0 Å². The molecule has 0 saturated heterocycles. The Morgan fingerprint density at radius 2 is 2.10 bits per heavy atom. The fourth-order valence-electron chi connectivity index (χ4n) is 1.88. The zero-order valence-corrected chi connectivity index (χ0v) is 12.7. The summed E-state index contributed by atoms with van der Waals surface area (Å²) in [7, 11) is 0. The number of hydrogen-bond acceptors (Lipinski definition) is 4. The molecule has 0 spiro atoms. The summed E-state index contributed by atoms with van der Waals surface area (Å²) in [5.41, 5.74) is 3.09. The third-order valence-corrected chi connectivity index (χ3v) is 4.62. The number of amides is 1. The summed E-state index contributed by atoms with van der Waals surface area (Å²) >= 11 is 7.59. The maximum atomic E-state index is 12.2. The van der Waals surface area contributed by atoms with Crippen LogP contribution in [-0.2, 0) is 0 Å². The third kappa shape index (κ3) is 2.70. The lowest BCUT2D eigenvalue weighted by molar-refractivity contribution is 0.0959. The summed E-state index contributed by atoms with van der Waals surface area (Å²) in [6.07, 6.45) is 1.55. The van der Waals surface area contributed by atoms with Gasteiger partial charge in [0.05, 0.1) is 11.3 Å². The van der Waals surface area contributed by atoms with E-state index in [1.165, 1.54) is 11.3 Å². The van der Waals surface area contributed by atoms with Gasteiger partial charge in [0.1, 0.15) is 16.3 Å². The van der Waals surface area contributed by atoms with Crippen molar-refractivity contribution in [3.63, 3.8) is 0 Å². The van der Waals surface area contributed by atoms with Crippen molar-refractivity contribution in [2.75, 3.05) is 0 Å². The lowest BCUT2D eigenvalue weighted by atomic mass is 10.2. The number of benzene rings is 1. The van der Waals surface area contributed by atoms with Gasteiger partial charge in [-0.2, -0.15) is 5.10 Å². The lowest BCUT2D eigenvalue weighted by Crippen LogP contribution is -2.18. The maximum absolute atomic E-state index is 12.2. The molecule has 1 aromatic carbocycles. The molecule has 0 fully saturated rings. The Labute approximate surface area is 130 Å². The highest BCUT2D eigenvalue weighted by Gasteiger charge is 2.16. The Kier molecular flexibility index (Phi) is 3.77. The van der Waals surface area contributed by atoms with Gasteiger partial charge in [-0.05, 0) is 25.1 Å². The van der Waals surface area contributed by atoms with E-state index >= 15 is 0 Å². The molecule has 21 heavy (non-hydrogen) atoms. The van der Waals surface area contributed by atoms with E-state index in [2.05, 4.69) is 10.5 Å². The quantitative estimate of drug-likeness (QED) is 0.578. The molecule has 2 heterocycles. The lowest BCUT2D eigenvalue weighted by Gasteiger charge is -1.99. The number of furan rings is 1. The standard InChI is InChI=1S/C15H11ClN2O2S/c1-9(11-6-4-8-20-11)17-18-15(19)14-13(16)10-5-2-3-7-12(10)21-14/h2-8H,1H3,(H,18,19)/b17-9+. The van der Waals surface area contributed by atoms with Crippen molar-refractivity contribution < 1.29 is 9.21 Å². The van der Waals surface area contributed by atoms with Crippen molar-refractivity contribution in [2.24, 2.45) is 5.10 Å². The van der Waals surface area contributed by atoms with Crippen molar-refractivity contribution in [3.05, 3.63) is 58.3 Å². The zero-order chi connectivity index (χ0) is 14.8. The van der Waals surface area contributed by atoms with E-state index in [9.17, 15) is 4.79 Å². The van der Waals surface area contributed by atoms with Gasteiger partial charge in [-0.1, -0.05) is 29.8 Å². The highest BCUT2D eigenvalue weighted by molar-refractivity contribution is 7.21. The van der Waals surface area contributed by atoms with E-state index in [0.717, 1.165) is 10.1 Å². The summed E-state index contributed by atoms with van der Waals surface area (Å²) in [6.45, 7) is 1.76. The number of carbonyl (C=O) groups is 1. The van der Waals surface area contributed by atoms with Crippen LogP contribution in [0.4, 0.5) is 0 Å². The monoisotopic (exact) mass is 318 g/mol. The van der Waals surface area contributed by atoms with E-state index in [1.54, 1.807) is 25.3 Å². The maximum Gasteiger partial charge on any atom is 0.283 e. The molecule has 1 amide bonds. The molecular formula is C15H11ClN2O2S. The number of nitrogens with zero attached hydrogens (tertiary/aromatic N) is 1. The summed E-state index contributed by atoms with van der Waals surface area (Å²) in [4.78, 5) is 12.6. The van der Waals surface area contributed by atoms with Gasteiger partial charge in [-0.25, -0.2) is 5.43 Å². The Morgan fingerprint density at radius 3 is 2.81 bits per heavy atom. The van der Waals surface area contributed by atoms with E-state index in [0.29, 0.717) is 21.4 Å². The topological polar surface area (TPSA) is 54.6 Å². The SMILES string of the molecule is C/C(=N\NC(=O)c1sc2ccccc2c1Cl)c1ccco1. The molecule has 0 bridgehead atoms. The third-order valence-electron chi connectivity index (χ3n) is 2.94. The molecule has 4 nitrogen and oxygen atoms in total. The second kappa shape index (κ2) is 5.71. The number of hydrazone groups is 1. The van der Waals surface area contributed by atoms with Gasteiger partial charge in [-0.15, -0.1) is 11.3 Å². The second-order valence-corrected chi connectivity index (χ2v) is 5.79. The van der Waals surface area contributed by atoms with Gasteiger partial charge in [-0.3, -0.25) is 4.79 Å². The molecule has 0 atom stereocenters. The van der Waals surface area contributed by atoms with Crippen molar-refractivity contribution in [1.82, 2.24) is 5.43 Å². The zero-order valence-electron chi connectivity index (χ0n) is 11.1. The van der Waals surface area contributed by atoms with Crippen molar-refractivity contribution >= 4 is 44.6 Å². The number of rotatable bonds is 3. The number of hydrogen-bond donors (Lipinski definition) is 1. The first-order chi connectivity index (χ1) is 10.2. The fourth-order valence-corrected chi connectivity index (χ4v) is 3.29. The fraction of sp³-hybridized carbons (Fsp3) is 0.0667. The van der Waals surface area contributed by atoms with Crippen LogP contribution in [-0.4, -0.2) is 11.6 Å². The van der Waals surface area contributed by atoms with Gasteiger partial charge in [0.25, 0.3) is 5.91 Å². The number of nitrogens with one attached hydrogen (secondary N) is 1. The van der Waals surface area contributed by atoms with E-state index in [1.807, 2.05) is 24.3 Å². The largest absolute Gasteiger partial charge is 0.463 e. The first-order valence-electron chi connectivity index (χ1n) is 6.22. The van der Waals surface area contributed by atoms with Crippen molar-refractivity contribution in [3.8, 4) is 0 Å². The molecule has 1 N–H and O–H groups in total. The molecule has 0 aliphatic heterocycles. The van der Waals surface area contributed by atoms with E-state index in [4.69, 9.17) is 16.0 Å². The first-order valence-corrected chi connectivity index (χ1v) is 7.42. The van der Waals surface area contributed by atoms with Crippen molar-refractivity contribution in [1.29, 1.82) is 0 Å². The smallest absolute Gasteiger partial charge is 0.283 e. The first kappa shape index (κ1) is 13.9. The van der Waals surface area contributed by atoms with E-state index in [-0.39, 0.29) is 5.91 Å². The molecule has 0 radical (unpaired) electrons. The van der Waals surface area contributed by atoms with Crippen molar-refractivity contribution in [2.45, 2.75) is 6.92 Å². The van der Waals surface area contributed by atoms with Crippen LogP contribution in [0.2, 0.25) is 5.02 Å². The Hall–Kier alpha value is -2.11. The van der Waals surface area contributed by atoms with Gasteiger partial charge in [0.2, 0.25) is 0 Å². The minimum Gasteiger partial charge on any atom is -0.463 e. The van der Waals surface area contributed by atoms with Crippen LogP contribution in [0.15, 0.2) is 52.2 Å². The molecule has 0 aliphatic rings. The molecule has 0 unspecified atom stereocenters. The van der Waals surface area contributed by atoms with Crippen LogP contribution in [0.1, 0.15) is 22.4 Å². The molecule has 3 rings (SSSR count). The van der Waals surface area contributed by atoms with Crippen LogP contribution >= 0.6 is 22.9 Å². The summed E-state index contributed by atoms with van der Waals surface area (Å²) in [5, 5.41) is 5.36. The molecule has 6 heteroatoms. The molecule has 2 aromatic heterocycles. The number of carbonyl (C=O) groups excluding carboxylic acids is 1. The van der Waals surface area contributed by atoms with Crippen LogP contribution < -0.4 is 5.43 Å².